The maximum Gasteiger partial charge on any atom is 0.325 e. The van der Waals surface area contributed by atoms with E-state index in [2.05, 4.69) is 10.3 Å². The van der Waals surface area contributed by atoms with Crippen molar-refractivity contribution in [3.63, 3.8) is 0 Å². The summed E-state index contributed by atoms with van der Waals surface area (Å²) in [7, 11) is 4.00. The highest BCUT2D eigenvalue weighted by Crippen LogP contribution is 2.16. The second-order valence-corrected chi connectivity index (χ2v) is 5.67. The van der Waals surface area contributed by atoms with Crippen LogP contribution in [0.5, 0.6) is 0 Å². The van der Waals surface area contributed by atoms with Gasteiger partial charge in [0.05, 0.1) is 5.69 Å². The van der Waals surface area contributed by atoms with Crippen LogP contribution in [0.1, 0.15) is 23.9 Å². The third kappa shape index (κ3) is 4.25. The van der Waals surface area contributed by atoms with Gasteiger partial charge in [-0.15, -0.1) is 0 Å². The highest BCUT2D eigenvalue weighted by atomic mass is 16.4. The van der Waals surface area contributed by atoms with E-state index in [4.69, 9.17) is 4.42 Å². The number of rotatable bonds is 5. The van der Waals surface area contributed by atoms with Crippen LogP contribution in [0, 0.1) is 13.8 Å². The summed E-state index contributed by atoms with van der Waals surface area (Å²) in [6.45, 7) is 6.74. The minimum Gasteiger partial charge on any atom is -0.428 e. The lowest BCUT2D eigenvalue weighted by Gasteiger charge is -2.21. The standard InChI is InChI=1S/C17H24N4O2/c1-6-21(11-14-7-9-15(10-8-14)20(4)5)17(22)19-16-18-12(2)13(3)23-16/h7-10H,6,11H2,1-5H3,(H,18,19,22). The van der Waals surface area contributed by atoms with Crippen molar-refractivity contribution in [3.05, 3.63) is 41.3 Å². The highest BCUT2D eigenvalue weighted by Gasteiger charge is 2.15. The van der Waals surface area contributed by atoms with Gasteiger partial charge in [-0.05, 0) is 38.5 Å². The van der Waals surface area contributed by atoms with Crippen LogP contribution in [0.15, 0.2) is 28.7 Å². The minimum atomic E-state index is -0.217. The molecule has 0 spiro atoms. The number of carbonyl (C=O) groups excluding carboxylic acids is 1. The molecule has 1 heterocycles. The molecule has 0 aliphatic heterocycles. The van der Waals surface area contributed by atoms with Gasteiger partial charge in [0.25, 0.3) is 0 Å². The number of anilines is 2. The number of hydrogen-bond donors (Lipinski definition) is 1. The van der Waals surface area contributed by atoms with Gasteiger partial charge in [-0.1, -0.05) is 12.1 Å². The summed E-state index contributed by atoms with van der Waals surface area (Å²) in [6, 6.07) is 8.18. The van der Waals surface area contributed by atoms with Crippen LogP contribution in [0.4, 0.5) is 16.5 Å². The van der Waals surface area contributed by atoms with Crippen molar-refractivity contribution in [2.45, 2.75) is 27.3 Å². The molecule has 6 heteroatoms. The van der Waals surface area contributed by atoms with Gasteiger partial charge in [0, 0.05) is 32.9 Å². The Morgan fingerprint density at radius 1 is 1.22 bits per heavy atom. The van der Waals surface area contributed by atoms with E-state index >= 15 is 0 Å². The number of nitrogens with zero attached hydrogens (tertiary/aromatic N) is 3. The first-order valence-electron chi connectivity index (χ1n) is 7.67. The molecule has 124 valence electrons. The summed E-state index contributed by atoms with van der Waals surface area (Å²) in [4.78, 5) is 20.3. The second-order valence-electron chi connectivity index (χ2n) is 5.67. The van der Waals surface area contributed by atoms with Gasteiger partial charge in [-0.2, -0.15) is 4.98 Å². The van der Waals surface area contributed by atoms with Crippen molar-refractivity contribution in [1.29, 1.82) is 0 Å². The number of hydrogen-bond acceptors (Lipinski definition) is 4. The number of aryl methyl sites for hydroxylation is 2. The van der Waals surface area contributed by atoms with Crippen LogP contribution in [0.2, 0.25) is 0 Å². The molecule has 0 atom stereocenters. The first-order valence-corrected chi connectivity index (χ1v) is 7.67. The van der Waals surface area contributed by atoms with Crippen molar-refractivity contribution in [1.82, 2.24) is 9.88 Å². The maximum atomic E-state index is 12.4. The Hall–Kier alpha value is -2.50. The summed E-state index contributed by atoms with van der Waals surface area (Å²) < 4.78 is 5.40. The van der Waals surface area contributed by atoms with Crippen LogP contribution in [-0.2, 0) is 6.54 Å². The summed E-state index contributed by atoms with van der Waals surface area (Å²) >= 11 is 0. The Bertz CT molecular complexity index is 642. The Labute approximate surface area is 137 Å². The van der Waals surface area contributed by atoms with E-state index in [1.165, 1.54) is 0 Å². The Morgan fingerprint density at radius 3 is 2.35 bits per heavy atom. The molecule has 1 aromatic heterocycles. The third-order valence-corrected chi connectivity index (χ3v) is 3.74. The number of urea groups is 1. The molecule has 0 saturated heterocycles. The lowest BCUT2D eigenvalue weighted by molar-refractivity contribution is 0.211. The monoisotopic (exact) mass is 316 g/mol. The SMILES string of the molecule is CCN(Cc1ccc(N(C)C)cc1)C(=O)Nc1nc(C)c(C)o1. The smallest absolute Gasteiger partial charge is 0.325 e. The first kappa shape index (κ1) is 16.9. The largest absolute Gasteiger partial charge is 0.428 e. The minimum absolute atomic E-state index is 0.217. The van der Waals surface area contributed by atoms with E-state index in [1.54, 1.807) is 4.90 Å². The Kier molecular flexibility index (Phi) is 5.26. The average Bonchev–Trinajstić information content (AvgIpc) is 2.83. The second kappa shape index (κ2) is 7.17. The van der Waals surface area contributed by atoms with Gasteiger partial charge < -0.3 is 14.2 Å². The summed E-state index contributed by atoms with van der Waals surface area (Å²) in [6.07, 6.45) is 0. The van der Waals surface area contributed by atoms with E-state index in [0.717, 1.165) is 16.9 Å². The number of oxazole rings is 1. The quantitative estimate of drug-likeness (QED) is 0.918. The van der Waals surface area contributed by atoms with Gasteiger partial charge >= 0.3 is 12.0 Å². The summed E-state index contributed by atoms with van der Waals surface area (Å²) in [5, 5.41) is 2.71. The van der Waals surface area contributed by atoms with Crippen LogP contribution < -0.4 is 10.2 Å². The summed E-state index contributed by atoms with van der Waals surface area (Å²) in [5.41, 5.74) is 2.99. The van der Waals surface area contributed by atoms with Gasteiger partial charge in [0.1, 0.15) is 5.76 Å². The number of aromatic nitrogens is 1. The molecule has 1 N–H and O–H groups in total. The molecular weight excluding hydrogens is 292 g/mol. The molecule has 0 aliphatic rings. The molecule has 1 aromatic carbocycles. The van der Waals surface area contributed by atoms with Crippen LogP contribution in [0.25, 0.3) is 0 Å². The molecule has 0 fully saturated rings. The lowest BCUT2D eigenvalue weighted by atomic mass is 10.2. The predicted molar refractivity (Wildman–Crippen MR) is 91.8 cm³/mol. The number of amides is 2. The fraction of sp³-hybridized carbons (Fsp3) is 0.412. The molecule has 0 aliphatic carbocycles. The van der Waals surface area contributed by atoms with Crippen LogP contribution in [0.3, 0.4) is 0 Å². The molecule has 0 bridgehead atoms. The Morgan fingerprint density at radius 2 is 1.87 bits per heavy atom. The van der Waals surface area contributed by atoms with Crippen LogP contribution in [-0.4, -0.2) is 36.6 Å². The van der Waals surface area contributed by atoms with Gasteiger partial charge in [-0.25, -0.2) is 4.79 Å². The molecule has 2 amide bonds. The maximum absolute atomic E-state index is 12.4. The first-order chi connectivity index (χ1) is 10.9. The molecule has 6 nitrogen and oxygen atoms in total. The van der Waals surface area contributed by atoms with Crippen LogP contribution >= 0.6 is 0 Å². The molecule has 0 unspecified atom stereocenters. The van der Waals surface area contributed by atoms with Crippen molar-refractivity contribution in [2.24, 2.45) is 0 Å². The number of carbonyl (C=O) groups is 1. The van der Waals surface area contributed by atoms with E-state index < -0.39 is 0 Å². The number of benzene rings is 1. The highest BCUT2D eigenvalue weighted by molar-refractivity contribution is 5.87. The lowest BCUT2D eigenvalue weighted by Crippen LogP contribution is -2.34. The molecule has 0 saturated carbocycles. The zero-order valence-corrected chi connectivity index (χ0v) is 14.4. The zero-order valence-electron chi connectivity index (χ0n) is 14.4. The molecule has 23 heavy (non-hydrogen) atoms. The fourth-order valence-electron chi connectivity index (χ4n) is 2.14. The van der Waals surface area contributed by atoms with Gasteiger partial charge in [0.15, 0.2) is 0 Å². The van der Waals surface area contributed by atoms with E-state index in [0.29, 0.717) is 18.8 Å². The molecule has 0 radical (unpaired) electrons. The Balaban J connectivity index is 2.02. The van der Waals surface area contributed by atoms with Crippen molar-refractivity contribution >= 4 is 17.7 Å². The summed E-state index contributed by atoms with van der Waals surface area (Å²) in [5.74, 6) is 0.711. The third-order valence-electron chi connectivity index (χ3n) is 3.74. The normalized spacial score (nSPS) is 10.5. The van der Waals surface area contributed by atoms with E-state index in [9.17, 15) is 4.79 Å². The van der Waals surface area contributed by atoms with Crippen molar-refractivity contribution in [3.8, 4) is 0 Å². The zero-order chi connectivity index (χ0) is 17.0. The van der Waals surface area contributed by atoms with E-state index in [-0.39, 0.29) is 12.0 Å². The molecule has 2 rings (SSSR count). The van der Waals surface area contributed by atoms with E-state index in [1.807, 2.05) is 64.0 Å². The van der Waals surface area contributed by atoms with Gasteiger partial charge in [-0.3, -0.25) is 5.32 Å². The topological polar surface area (TPSA) is 61.6 Å². The van der Waals surface area contributed by atoms with Crippen molar-refractivity contribution in [2.75, 3.05) is 30.9 Å². The number of nitrogens with one attached hydrogen (secondary N) is 1. The van der Waals surface area contributed by atoms with Gasteiger partial charge in [0.2, 0.25) is 0 Å². The molecule has 2 aromatic rings. The fourth-order valence-corrected chi connectivity index (χ4v) is 2.14. The predicted octanol–water partition coefficient (Wildman–Crippen LogP) is 3.41. The molecular formula is C17H24N4O2. The van der Waals surface area contributed by atoms with Crippen molar-refractivity contribution < 1.29 is 9.21 Å². The average molecular weight is 316 g/mol.